The fourth-order valence-electron chi connectivity index (χ4n) is 2.19. The van der Waals surface area contributed by atoms with Crippen LogP contribution in [0, 0.1) is 0 Å². The van der Waals surface area contributed by atoms with Crippen molar-refractivity contribution in [2.24, 2.45) is 0 Å². The van der Waals surface area contributed by atoms with Crippen LogP contribution in [-0.4, -0.2) is 38.5 Å². The van der Waals surface area contributed by atoms with E-state index in [1.165, 1.54) is 7.05 Å². The summed E-state index contributed by atoms with van der Waals surface area (Å²) in [7, 11) is -2.02. The summed E-state index contributed by atoms with van der Waals surface area (Å²) in [6.07, 6.45) is 1.07. The molecule has 2 aromatic rings. The van der Waals surface area contributed by atoms with Gasteiger partial charge >= 0.3 is 0 Å². The van der Waals surface area contributed by atoms with Crippen LogP contribution < -0.4 is 5.32 Å². The normalized spacial score (nSPS) is 12.8. The van der Waals surface area contributed by atoms with Gasteiger partial charge in [0.05, 0.1) is 18.8 Å². The first kappa shape index (κ1) is 18.6. The van der Waals surface area contributed by atoms with Gasteiger partial charge < -0.3 is 5.32 Å². The van der Waals surface area contributed by atoms with Crippen molar-refractivity contribution in [3.05, 3.63) is 70.2 Å². The molecule has 2 aromatic carbocycles. The SMILES string of the molecule is CN(CC(=O)NC(c1ccccc1)c1ccc(Br)cc1)S(C)(=O)=O. The lowest BCUT2D eigenvalue weighted by atomic mass is 9.99. The molecular formula is C17H19BrN2O3S. The maximum Gasteiger partial charge on any atom is 0.236 e. The Morgan fingerprint density at radius 2 is 1.62 bits per heavy atom. The smallest absolute Gasteiger partial charge is 0.236 e. The van der Waals surface area contributed by atoms with Gasteiger partial charge in [-0.2, -0.15) is 4.31 Å². The highest BCUT2D eigenvalue weighted by Crippen LogP contribution is 2.23. The van der Waals surface area contributed by atoms with Crippen LogP contribution >= 0.6 is 15.9 Å². The first-order valence-corrected chi connectivity index (χ1v) is 9.92. The number of likely N-dealkylation sites (N-methyl/N-ethyl adjacent to an activating group) is 1. The molecule has 1 atom stereocenters. The van der Waals surface area contributed by atoms with Crippen molar-refractivity contribution < 1.29 is 13.2 Å². The number of amides is 1. The Morgan fingerprint density at radius 1 is 1.08 bits per heavy atom. The lowest BCUT2D eigenvalue weighted by Gasteiger charge is -2.21. The Balaban J connectivity index is 2.24. The van der Waals surface area contributed by atoms with E-state index in [1.807, 2.05) is 54.6 Å². The molecule has 0 saturated carbocycles. The Labute approximate surface area is 150 Å². The molecule has 0 heterocycles. The molecule has 1 N–H and O–H groups in total. The zero-order valence-electron chi connectivity index (χ0n) is 13.4. The van der Waals surface area contributed by atoms with Crippen molar-refractivity contribution in [3.63, 3.8) is 0 Å². The summed E-state index contributed by atoms with van der Waals surface area (Å²) in [6, 6.07) is 16.8. The highest BCUT2D eigenvalue weighted by Gasteiger charge is 2.20. The van der Waals surface area contributed by atoms with Crippen LogP contribution in [0.3, 0.4) is 0 Å². The van der Waals surface area contributed by atoms with Gasteiger partial charge in [0, 0.05) is 11.5 Å². The monoisotopic (exact) mass is 410 g/mol. The molecule has 0 saturated heterocycles. The standard InChI is InChI=1S/C17H19BrN2O3S/c1-20(24(2,22)23)12-16(21)19-17(13-6-4-3-5-7-13)14-8-10-15(18)11-9-14/h3-11,17H,12H2,1-2H3,(H,19,21). The predicted molar refractivity (Wildman–Crippen MR) is 98.0 cm³/mol. The van der Waals surface area contributed by atoms with Crippen molar-refractivity contribution in [3.8, 4) is 0 Å². The van der Waals surface area contributed by atoms with E-state index in [0.29, 0.717) is 0 Å². The van der Waals surface area contributed by atoms with E-state index in [2.05, 4.69) is 21.2 Å². The fraction of sp³-hybridized carbons (Fsp3) is 0.235. The summed E-state index contributed by atoms with van der Waals surface area (Å²) in [5, 5.41) is 2.91. The van der Waals surface area contributed by atoms with Crippen LogP contribution in [0.2, 0.25) is 0 Å². The third-order valence-electron chi connectivity index (χ3n) is 3.57. The number of benzene rings is 2. The Morgan fingerprint density at radius 3 is 2.17 bits per heavy atom. The summed E-state index contributed by atoms with van der Waals surface area (Å²) in [5.41, 5.74) is 1.84. The highest BCUT2D eigenvalue weighted by atomic mass is 79.9. The number of carbonyl (C=O) groups is 1. The van der Waals surface area contributed by atoms with E-state index in [0.717, 1.165) is 26.2 Å². The van der Waals surface area contributed by atoms with Crippen LogP contribution in [0.1, 0.15) is 17.2 Å². The molecule has 5 nitrogen and oxygen atoms in total. The van der Waals surface area contributed by atoms with Crippen LogP contribution in [-0.2, 0) is 14.8 Å². The number of sulfonamides is 1. The molecule has 0 bridgehead atoms. The second kappa shape index (κ2) is 7.92. The van der Waals surface area contributed by atoms with Gasteiger partial charge in [0.1, 0.15) is 0 Å². The predicted octanol–water partition coefficient (Wildman–Crippen LogP) is 2.55. The summed E-state index contributed by atoms with van der Waals surface area (Å²) in [5.74, 6) is -0.361. The van der Waals surface area contributed by atoms with Crippen molar-refractivity contribution >= 4 is 31.9 Å². The molecule has 0 aliphatic heterocycles. The Hall–Kier alpha value is -1.70. The van der Waals surface area contributed by atoms with E-state index >= 15 is 0 Å². The number of nitrogens with one attached hydrogen (secondary N) is 1. The van der Waals surface area contributed by atoms with Gasteiger partial charge in [-0.15, -0.1) is 0 Å². The minimum atomic E-state index is -3.40. The van der Waals surface area contributed by atoms with Crippen molar-refractivity contribution in [2.75, 3.05) is 19.8 Å². The molecule has 1 amide bonds. The largest absolute Gasteiger partial charge is 0.344 e. The average Bonchev–Trinajstić information content (AvgIpc) is 2.53. The zero-order valence-corrected chi connectivity index (χ0v) is 15.8. The van der Waals surface area contributed by atoms with E-state index in [4.69, 9.17) is 0 Å². The quantitative estimate of drug-likeness (QED) is 0.795. The number of hydrogen-bond acceptors (Lipinski definition) is 3. The van der Waals surface area contributed by atoms with E-state index < -0.39 is 10.0 Å². The van der Waals surface area contributed by atoms with Gasteiger partial charge in [0.15, 0.2) is 0 Å². The third kappa shape index (κ3) is 5.15. The van der Waals surface area contributed by atoms with Crippen molar-refractivity contribution in [1.82, 2.24) is 9.62 Å². The van der Waals surface area contributed by atoms with Crippen molar-refractivity contribution in [2.45, 2.75) is 6.04 Å². The van der Waals surface area contributed by atoms with Crippen molar-refractivity contribution in [1.29, 1.82) is 0 Å². The van der Waals surface area contributed by atoms with Gasteiger partial charge in [-0.25, -0.2) is 8.42 Å². The summed E-state index contributed by atoms with van der Waals surface area (Å²) < 4.78 is 24.9. The number of rotatable bonds is 6. The molecule has 0 radical (unpaired) electrons. The zero-order chi connectivity index (χ0) is 17.7. The maximum absolute atomic E-state index is 12.3. The maximum atomic E-state index is 12.3. The molecule has 24 heavy (non-hydrogen) atoms. The summed E-state index contributed by atoms with van der Waals surface area (Å²) in [4.78, 5) is 12.3. The highest BCUT2D eigenvalue weighted by molar-refractivity contribution is 9.10. The Kier molecular flexibility index (Phi) is 6.15. The first-order valence-electron chi connectivity index (χ1n) is 7.28. The molecule has 0 aliphatic rings. The fourth-order valence-corrected chi connectivity index (χ4v) is 2.80. The third-order valence-corrected chi connectivity index (χ3v) is 5.36. The lowest BCUT2D eigenvalue weighted by Crippen LogP contribution is -2.39. The van der Waals surface area contributed by atoms with E-state index in [9.17, 15) is 13.2 Å². The van der Waals surface area contributed by atoms with Crippen LogP contribution in [0.5, 0.6) is 0 Å². The van der Waals surface area contributed by atoms with E-state index in [1.54, 1.807) is 0 Å². The Bertz CT molecular complexity index is 792. The molecular weight excluding hydrogens is 392 g/mol. The number of hydrogen-bond donors (Lipinski definition) is 1. The van der Waals surface area contributed by atoms with Crippen LogP contribution in [0.15, 0.2) is 59.1 Å². The topological polar surface area (TPSA) is 66.5 Å². The van der Waals surface area contributed by atoms with E-state index in [-0.39, 0.29) is 18.5 Å². The molecule has 1 unspecified atom stereocenters. The molecule has 128 valence electrons. The van der Waals surface area contributed by atoms with Gasteiger partial charge in [0.25, 0.3) is 0 Å². The minimum Gasteiger partial charge on any atom is -0.344 e. The molecule has 0 aromatic heterocycles. The molecule has 7 heteroatoms. The molecule has 0 aliphatic carbocycles. The number of carbonyl (C=O) groups excluding carboxylic acids is 1. The van der Waals surface area contributed by atoms with Crippen LogP contribution in [0.4, 0.5) is 0 Å². The second-order valence-electron chi connectivity index (χ2n) is 5.48. The lowest BCUT2D eigenvalue weighted by molar-refractivity contribution is -0.121. The molecule has 2 rings (SSSR count). The summed E-state index contributed by atoms with van der Waals surface area (Å²) >= 11 is 3.40. The number of halogens is 1. The van der Waals surface area contributed by atoms with Gasteiger partial charge in [-0.3, -0.25) is 4.79 Å². The molecule has 0 fully saturated rings. The first-order chi connectivity index (χ1) is 11.3. The second-order valence-corrected chi connectivity index (χ2v) is 8.49. The van der Waals surface area contributed by atoms with Gasteiger partial charge in [0.2, 0.25) is 15.9 Å². The molecule has 0 spiro atoms. The van der Waals surface area contributed by atoms with Gasteiger partial charge in [-0.05, 0) is 23.3 Å². The average molecular weight is 411 g/mol. The van der Waals surface area contributed by atoms with Crippen LogP contribution in [0.25, 0.3) is 0 Å². The minimum absolute atomic E-state index is 0.224. The number of nitrogens with zero attached hydrogens (tertiary/aromatic N) is 1. The van der Waals surface area contributed by atoms with Gasteiger partial charge in [-0.1, -0.05) is 58.4 Å². The summed E-state index contributed by atoms with van der Waals surface area (Å²) in [6.45, 7) is -0.224.